The Bertz CT molecular complexity index is 613. The number of hydrogen-bond donors (Lipinski definition) is 2. The molecule has 1 aromatic heterocycles. The molecule has 2 rings (SSSR count). The van der Waals surface area contributed by atoms with Crippen molar-refractivity contribution in [2.45, 2.75) is 0 Å². The number of amides is 1. The van der Waals surface area contributed by atoms with Crippen LogP contribution in [0.1, 0.15) is 10.5 Å². The largest absolute Gasteiger partial charge is 0.347 e. The van der Waals surface area contributed by atoms with E-state index >= 15 is 0 Å². The third-order valence-electron chi connectivity index (χ3n) is 2.44. The smallest absolute Gasteiger partial charge is 0.272 e. The molecular formula is C14H13BrN4O. The second-order valence-corrected chi connectivity index (χ2v) is 4.76. The standard InChI is InChI=1S/C14H13BrN4O/c1-2-9-16-14(20)12-7-8-13(19-18-12)17-11-6-4-3-5-10(11)15/h2-8H,1,9H2,(H,16,20)(H,17,19). The molecule has 0 spiro atoms. The third-order valence-corrected chi connectivity index (χ3v) is 3.13. The number of nitrogens with zero attached hydrogens (tertiary/aromatic N) is 2. The normalized spacial score (nSPS) is 9.85. The molecule has 20 heavy (non-hydrogen) atoms. The van der Waals surface area contributed by atoms with Crippen LogP contribution in [0.2, 0.25) is 0 Å². The maximum absolute atomic E-state index is 11.6. The molecule has 0 fully saturated rings. The predicted molar refractivity (Wildman–Crippen MR) is 82.0 cm³/mol. The van der Waals surface area contributed by atoms with Crippen LogP contribution in [0.4, 0.5) is 11.5 Å². The Hall–Kier alpha value is -2.21. The average molecular weight is 333 g/mol. The zero-order valence-electron chi connectivity index (χ0n) is 10.6. The first kappa shape index (κ1) is 14.2. The van der Waals surface area contributed by atoms with Gasteiger partial charge in [-0.05, 0) is 40.2 Å². The Labute approximate surface area is 125 Å². The van der Waals surface area contributed by atoms with E-state index in [-0.39, 0.29) is 11.6 Å². The van der Waals surface area contributed by atoms with E-state index in [9.17, 15) is 4.79 Å². The molecule has 0 radical (unpaired) electrons. The molecule has 0 aliphatic heterocycles. The van der Waals surface area contributed by atoms with Crippen LogP contribution in [0.15, 0.2) is 53.5 Å². The van der Waals surface area contributed by atoms with E-state index in [1.807, 2.05) is 24.3 Å². The molecule has 1 aromatic carbocycles. The molecule has 0 saturated heterocycles. The van der Waals surface area contributed by atoms with Gasteiger partial charge in [0, 0.05) is 11.0 Å². The van der Waals surface area contributed by atoms with Gasteiger partial charge in [-0.3, -0.25) is 4.79 Å². The van der Waals surface area contributed by atoms with Gasteiger partial charge in [-0.25, -0.2) is 0 Å². The molecule has 0 saturated carbocycles. The molecule has 0 atom stereocenters. The van der Waals surface area contributed by atoms with E-state index in [0.29, 0.717) is 12.4 Å². The summed E-state index contributed by atoms with van der Waals surface area (Å²) in [7, 11) is 0. The highest BCUT2D eigenvalue weighted by atomic mass is 79.9. The Kier molecular flexibility index (Phi) is 4.84. The first-order valence-corrected chi connectivity index (χ1v) is 6.74. The van der Waals surface area contributed by atoms with Gasteiger partial charge in [0.2, 0.25) is 0 Å². The monoisotopic (exact) mass is 332 g/mol. The molecule has 1 heterocycles. The predicted octanol–water partition coefficient (Wildman–Crippen LogP) is 2.90. The van der Waals surface area contributed by atoms with Crippen molar-refractivity contribution < 1.29 is 4.79 Å². The average Bonchev–Trinajstić information content (AvgIpc) is 2.48. The van der Waals surface area contributed by atoms with E-state index in [1.54, 1.807) is 18.2 Å². The number of para-hydroxylation sites is 1. The van der Waals surface area contributed by atoms with E-state index in [0.717, 1.165) is 10.2 Å². The fraction of sp³-hybridized carbons (Fsp3) is 0.0714. The number of halogens is 1. The molecule has 1 amide bonds. The molecule has 5 nitrogen and oxygen atoms in total. The maximum atomic E-state index is 11.6. The third kappa shape index (κ3) is 3.64. The van der Waals surface area contributed by atoms with Crippen LogP contribution < -0.4 is 10.6 Å². The number of rotatable bonds is 5. The minimum atomic E-state index is -0.273. The Morgan fingerprint density at radius 3 is 2.70 bits per heavy atom. The fourth-order valence-electron chi connectivity index (χ4n) is 1.48. The lowest BCUT2D eigenvalue weighted by molar-refractivity contribution is 0.0952. The molecule has 0 aliphatic carbocycles. The van der Waals surface area contributed by atoms with Crippen LogP contribution in [0, 0.1) is 0 Å². The molecule has 0 bridgehead atoms. The molecule has 102 valence electrons. The van der Waals surface area contributed by atoms with Gasteiger partial charge in [-0.1, -0.05) is 18.2 Å². The van der Waals surface area contributed by atoms with Gasteiger partial charge in [0.1, 0.15) is 0 Å². The number of nitrogens with one attached hydrogen (secondary N) is 2. The molecule has 6 heteroatoms. The summed E-state index contributed by atoms with van der Waals surface area (Å²) in [5, 5.41) is 13.6. The van der Waals surface area contributed by atoms with Crippen LogP contribution >= 0.6 is 15.9 Å². The summed E-state index contributed by atoms with van der Waals surface area (Å²) >= 11 is 3.44. The van der Waals surface area contributed by atoms with Crippen molar-refractivity contribution in [2.75, 3.05) is 11.9 Å². The summed E-state index contributed by atoms with van der Waals surface area (Å²) in [5.41, 5.74) is 1.15. The lowest BCUT2D eigenvalue weighted by atomic mass is 10.3. The number of carbonyl (C=O) groups is 1. The summed E-state index contributed by atoms with van der Waals surface area (Å²) in [5.74, 6) is 0.294. The second kappa shape index (κ2) is 6.81. The fourth-order valence-corrected chi connectivity index (χ4v) is 1.86. The molecule has 2 N–H and O–H groups in total. The van der Waals surface area contributed by atoms with Crippen molar-refractivity contribution in [3.63, 3.8) is 0 Å². The van der Waals surface area contributed by atoms with Gasteiger partial charge in [-0.15, -0.1) is 16.8 Å². The zero-order chi connectivity index (χ0) is 14.4. The second-order valence-electron chi connectivity index (χ2n) is 3.91. The summed E-state index contributed by atoms with van der Waals surface area (Å²) in [4.78, 5) is 11.6. The Morgan fingerprint density at radius 2 is 2.05 bits per heavy atom. The van der Waals surface area contributed by atoms with Crippen molar-refractivity contribution in [2.24, 2.45) is 0 Å². The highest BCUT2D eigenvalue weighted by Crippen LogP contribution is 2.23. The van der Waals surface area contributed by atoms with E-state index in [1.165, 1.54) is 0 Å². The molecule has 2 aromatic rings. The summed E-state index contributed by atoms with van der Waals surface area (Å²) in [6.07, 6.45) is 1.61. The topological polar surface area (TPSA) is 66.9 Å². The summed E-state index contributed by atoms with van der Waals surface area (Å²) in [6, 6.07) is 11.0. The Morgan fingerprint density at radius 1 is 1.25 bits per heavy atom. The lowest BCUT2D eigenvalue weighted by Gasteiger charge is -2.07. The minimum absolute atomic E-state index is 0.268. The highest BCUT2D eigenvalue weighted by molar-refractivity contribution is 9.10. The van der Waals surface area contributed by atoms with Crippen LogP contribution in [0.5, 0.6) is 0 Å². The number of carbonyl (C=O) groups excluding carboxylic acids is 1. The van der Waals surface area contributed by atoms with Crippen molar-refractivity contribution in [1.82, 2.24) is 15.5 Å². The van der Waals surface area contributed by atoms with Gasteiger partial charge >= 0.3 is 0 Å². The van der Waals surface area contributed by atoms with Crippen molar-refractivity contribution >= 4 is 33.3 Å². The number of benzene rings is 1. The summed E-state index contributed by atoms with van der Waals surface area (Å²) in [6.45, 7) is 3.93. The van der Waals surface area contributed by atoms with Crippen molar-refractivity contribution in [3.8, 4) is 0 Å². The van der Waals surface area contributed by atoms with E-state index in [4.69, 9.17) is 0 Å². The zero-order valence-corrected chi connectivity index (χ0v) is 12.2. The minimum Gasteiger partial charge on any atom is -0.347 e. The van der Waals surface area contributed by atoms with Crippen LogP contribution in [0.3, 0.4) is 0 Å². The quantitative estimate of drug-likeness (QED) is 0.826. The van der Waals surface area contributed by atoms with E-state index < -0.39 is 0 Å². The number of hydrogen-bond acceptors (Lipinski definition) is 4. The molecule has 0 aliphatic rings. The van der Waals surface area contributed by atoms with Crippen molar-refractivity contribution in [3.05, 3.63) is 59.2 Å². The first-order chi connectivity index (χ1) is 9.70. The maximum Gasteiger partial charge on any atom is 0.272 e. The van der Waals surface area contributed by atoms with Gasteiger partial charge < -0.3 is 10.6 Å². The van der Waals surface area contributed by atoms with Gasteiger partial charge in [-0.2, -0.15) is 0 Å². The van der Waals surface area contributed by atoms with Crippen LogP contribution in [0.25, 0.3) is 0 Å². The lowest BCUT2D eigenvalue weighted by Crippen LogP contribution is -2.24. The highest BCUT2D eigenvalue weighted by Gasteiger charge is 2.07. The van der Waals surface area contributed by atoms with E-state index in [2.05, 4.69) is 43.3 Å². The molecular weight excluding hydrogens is 320 g/mol. The number of aromatic nitrogens is 2. The SMILES string of the molecule is C=CCNC(=O)c1ccc(Nc2ccccc2Br)nn1. The van der Waals surface area contributed by atoms with Crippen LogP contribution in [-0.2, 0) is 0 Å². The first-order valence-electron chi connectivity index (χ1n) is 5.95. The molecule has 0 unspecified atom stereocenters. The van der Waals surface area contributed by atoms with Gasteiger partial charge in [0.05, 0.1) is 5.69 Å². The summed E-state index contributed by atoms with van der Waals surface area (Å²) < 4.78 is 0.926. The number of anilines is 2. The van der Waals surface area contributed by atoms with Gasteiger partial charge in [0.15, 0.2) is 11.5 Å². The van der Waals surface area contributed by atoms with Crippen LogP contribution in [-0.4, -0.2) is 22.6 Å². The van der Waals surface area contributed by atoms with Crippen molar-refractivity contribution in [1.29, 1.82) is 0 Å². The Balaban J connectivity index is 2.07. The van der Waals surface area contributed by atoms with Gasteiger partial charge in [0.25, 0.3) is 5.91 Å².